The molecule has 1 saturated heterocycles. The van der Waals surface area contributed by atoms with Gasteiger partial charge in [-0.1, -0.05) is 47.9 Å². The number of nitrogens with one attached hydrogen (secondary N) is 1. The van der Waals surface area contributed by atoms with Crippen molar-refractivity contribution in [2.45, 2.75) is 38.8 Å². The first-order chi connectivity index (χ1) is 13.2. The standard InChI is InChI=1S/C22H29Cl2FN2O/c1-4-5-16(2)10-17(3)14-27-8-6-22(25,7-9-27)15-26-21(28)18-11-19(23)13-20(24)12-18/h4,10-13,16H,1,5-9,14-15H2,2-3H3,(H,26,28)/b17-10+. The van der Waals surface area contributed by atoms with Gasteiger partial charge < -0.3 is 5.32 Å². The second-order valence-electron chi connectivity index (χ2n) is 7.78. The van der Waals surface area contributed by atoms with Crippen molar-refractivity contribution in [1.82, 2.24) is 10.2 Å². The normalized spacial score (nSPS) is 18.5. The smallest absolute Gasteiger partial charge is 0.251 e. The molecule has 1 heterocycles. The van der Waals surface area contributed by atoms with Gasteiger partial charge in [-0.05, 0) is 50.3 Å². The SMILES string of the molecule is C=CCC(C)/C=C(\C)CN1CCC(F)(CNC(=O)c2cc(Cl)cc(Cl)c2)CC1. The molecule has 154 valence electrons. The van der Waals surface area contributed by atoms with Crippen molar-refractivity contribution in [2.75, 3.05) is 26.2 Å². The summed E-state index contributed by atoms with van der Waals surface area (Å²) in [5.74, 6) is 0.108. The summed E-state index contributed by atoms with van der Waals surface area (Å²) >= 11 is 11.8. The third-order valence-corrected chi connectivity index (χ3v) is 5.46. The van der Waals surface area contributed by atoms with Gasteiger partial charge in [-0.2, -0.15) is 0 Å². The van der Waals surface area contributed by atoms with E-state index >= 15 is 4.39 Å². The number of benzene rings is 1. The zero-order chi connectivity index (χ0) is 20.7. The first kappa shape index (κ1) is 22.9. The van der Waals surface area contributed by atoms with E-state index in [4.69, 9.17) is 23.2 Å². The molecule has 1 N–H and O–H groups in total. The van der Waals surface area contributed by atoms with Crippen molar-refractivity contribution in [3.05, 3.63) is 58.1 Å². The summed E-state index contributed by atoms with van der Waals surface area (Å²) in [6.45, 7) is 10.3. The maximum Gasteiger partial charge on any atom is 0.251 e. The summed E-state index contributed by atoms with van der Waals surface area (Å²) in [6, 6.07) is 4.61. The second-order valence-corrected chi connectivity index (χ2v) is 8.66. The Hall–Kier alpha value is -1.36. The third-order valence-electron chi connectivity index (χ3n) is 5.02. The molecule has 0 bridgehead atoms. The van der Waals surface area contributed by atoms with Crippen LogP contribution in [0.25, 0.3) is 0 Å². The summed E-state index contributed by atoms with van der Waals surface area (Å²) in [7, 11) is 0. The highest BCUT2D eigenvalue weighted by Crippen LogP contribution is 2.27. The summed E-state index contributed by atoms with van der Waals surface area (Å²) in [4.78, 5) is 14.5. The fraction of sp³-hybridized carbons (Fsp3) is 0.500. The van der Waals surface area contributed by atoms with Crippen LogP contribution in [0.3, 0.4) is 0 Å². The van der Waals surface area contributed by atoms with Gasteiger partial charge in [0.05, 0.1) is 6.54 Å². The van der Waals surface area contributed by atoms with E-state index in [1.165, 1.54) is 17.7 Å². The number of hydrogen-bond acceptors (Lipinski definition) is 2. The van der Waals surface area contributed by atoms with Gasteiger partial charge in [0, 0.05) is 35.2 Å². The lowest BCUT2D eigenvalue weighted by atomic mass is 9.92. The molecule has 0 saturated carbocycles. The number of carbonyl (C=O) groups is 1. The predicted octanol–water partition coefficient (Wildman–Crippen LogP) is 5.69. The topological polar surface area (TPSA) is 32.3 Å². The Morgan fingerprint density at radius 1 is 1.32 bits per heavy atom. The second kappa shape index (κ2) is 10.4. The molecule has 3 nitrogen and oxygen atoms in total. The van der Waals surface area contributed by atoms with Gasteiger partial charge in [-0.25, -0.2) is 4.39 Å². The van der Waals surface area contributed by atoms with E-state index in [-0.39, 0.29) is 12.5 Å². The maximum atomic E-state index is 15.1. The highest BCUT2D eigenvalue weighted by atomic mass is 35.5. The molecule has 0 aromatic heterocycles. The number of halogens is 3. The number of nitrogens with zero attached hydrogens (tertiary/aromatic N) is 1. The van der Waals surface area contributed by atoms with Crippen molar-refractivity contribution >= 4 is 29.1 Å². The molecule has 0 aliphatic carbocycles. The Morgan fingerprint density at radius 2 is 1.93 bits per heavy atom. The van der Waals surface area contributed by atoms with Crippen molar-refractivity contribution in [3.8, 4) is 0 Å². The van der Waals surface area contributed by atoms with Crippen LogP contribution in [0, 0.1) is 5.92 Å². The Balaban J connectivity index is 1.82. The molecule has 0 spiro atoms. The fourth-order valence-electron chi connectivity index (χ4n) is 3.54. The molecule has 1 unspecified atom stereocenters. The van der Waals surface area contributed by atoms with Crippen LogP contribution in [0.2, 0.25) is 10.0 Å². The van der Waals surface area contributed by atoms with Crippen molar-refractivity contribution < 1.29 is 9.18 Å². The monoisotopic (exact) mass is 426 g/mol. The van der Waals surface area contributed by atoms with Gasteiger partial charge in [0.2, 0.25) is 0 Å². The quantitative estimate of drug-likeness (QED) is 0.541. The minimum atomic E-state index is -1.39. The number of likely N-dealkylation sites (tertiary alicyclic amines) is 1. The molecule has 1 aliphatic heterocycles. The van der Waals surface area contributed by atoms with Gasteiger partial charge in [0.15, 0.2) is 0 Å². The summed E-state index contributed by atoms with van der Waals surface area (Å²) < 4.78 is 15.1. The Labute approximate surface area is 177 Å². The third kappa shape index (κ3) is 7.23. The van der Waals surface area contributed by atoms with Crippen LogP contribution in [0.1, 0.15) is 43.5 Å². The van der Waals surface area contributed by atoms with Gasteiger partial charge in [-0.15, -0.1) is 6.58 Å². The number of piperidine rings is 1. The minimum Gasteiger partial charge on any atom is -0.349 e. The first-order valence-electron chi connectivity index (χ1n) is 9.64. The van der Waals surface area contributed by atoms with E-state index in [1.54, 1.807) is 6.07 Å². The lowest BCUT2D eigenvalue weighted by Gasteiger charge is -2.36. The molecule has 2 rings (SSSR count). The zero-order valence-electron chi connectivity index (χ0n) is 16.6. The van der Waals surface area contributed by atoms with Crippen LogP contribution < -0.4 is 5.32 Å². The first-order valence-corrected chi connectivity index (χ1v) is 10.4. The average Bonchev–Trinajstić information content (AvgIpc) is 2.61. The molecule has 1 amide bonds. The number of carbonyl (C=O) groups excluding carboxylic acids is 1. The fourth-order valence-corrected chi connectivity index (χ4v) is 4.06. The molecular formula is C22H29Cl2FN2O. The number of allylic oxidation sites excluding steroid dienone is 2. The minimum absolute atomic E-state index is 0.00496. The predicted molar refractivity (Wildman–Crippen MR) is 116 cm³/mol. The molecule has 1 fully saturated rings. The molecule has 1 aliphatic rings. The summed E-state index contributed by atoms with van der Waals surface area (Å²) in [5, 5.41) is 3.45. The van der Waals surface area contributed by atoms with Gasteiger partial charge in [-0.3, -0.25) is 9.69 Å². The van der Waals surface area contributed by atoms with Crippen LogP contribution in [-0.2, 0) is 0 Å². The molecule has 1 aromatic rings. The molecular weight excluding hydrogens is 398 g/mol. The van der Waals surface area contributed by atoms with Crippen LogP contribution in [0.5, 0.6) is 0 Å². The highest BCUT2D eigenvalue weighted by Gasteiger charge is 2.34. The number of rotatable bonds is 8. The Kier molecular flexibility index (Phi) is 8.54. The largest absolute Gasteiger partial charge is 0.349 e. The van der Waals surface area contributed by atoms with E-state index in [2.05, 4.69) is 36.7 Å². The zero-order valence-corrected chi connectivity index (χ0v) is 18.1. The van der Waals surface area contributed by atoms with Crippen LogP contribution in [0.4, 0.5) is 4.39 Å². The number of alkyl halides is 1. The van der Waals surface area contributed by atoms with E-state index in [1.807, 2.05) is 6.08 Å². The molecule has 28 heavy (non-hydrogen) atoms. The van der Waals surface area contributed by atoms with Crippen LogP contribution in [0.15, 0.2) is 42.5 Å². The Morgan fingerprint density at radius 3 is 2.50 bits per heavy atom. The molecule has 1 atom stereocenters. The Bertz CT molecular complexity index is 707. The van der Waals surface area contributed by atoms with Crippen molar-refractivity contribution in [1.29, 1.82) is 0 Å². The lowest BCUT2D eigenvalue weighted by Crippen LogP contribution is -2.48. The number of amides is 1. The lowest BCUT2D eigenvalue weighted by molar-refractivity contribution is 0.0576. The van der Waals surface area contributed by atoms with Gasteiger partial charge in [0.25, 0.3) is 5.91 Å². The van der Waals surface area contributed by atoms with Crippen molar-refractivity contribution in [3.63, 3.8) is 0 Å². The summed E-state index contributed by atoms with van der Waals surface area (Å²) in [5.41, 5.74) is 0.252. The van der Waals surface area contributed by atoms with Crippen LogP contribution in [-0.4, -0.2) is 42.7 Å². The van der Waals surface area contributed by atoms with E-state index in [0.29, 0.717) is 47.5 Å². The van der Waals surface area contributed by atoms with E-state index in [9.17, 15) is 4.79 Å². The van der Waals surface area contributed by atoms with Gasteiger partial charge >= 0.3 is 0 Å². The molecule has 0 radical (unpaired) electrons. The maximum absolute atomic E-state index is 15.1. The molecule has 6 heteroatoms. The molecule has 1 aromatic carbocycles. The van der Waals surface area contributed by atoms with Crippen molar-refractivity contribution in [2.24, 2.45) is 5.92 Å². The van der Waals surface area contributed by atoms with E-state index in [0.717, 1.165) is 13.0 Å². The summed E-state index contributed by atoms with van der Waals surface area (Å²) in [6.07, 6.45) is 5.95. The highest BCUT2D eigenvalue weighted by molar-refractivity contribution is 6.35. The van der Waals surface area contributed by atoms with E-state index < -0.39 is 5.67 Å². The average molecular weight is 427 g/mol. The number of hydrogen-bond donors (Lipinski definition) is 1. The van der Waals surface area contributed by atoms with Gasteiger partial charge in [0.1, 0.15) is 5.67 Å². The van der Waals surface area contributed by atoms with Crippen LogP contribution >= 0.6 is 23.2 Å².